The highest BCUT2D eigenvalue weighted by molar-refractivity contribution is 5.91. The number of hydrogen-bond acceptors (Lipinski definition) is 3. The summed E-state index contributed by atoms with van der Waals surface area (Å²) >= 11 is 0. The predicted molar refractivity (Wildman–Crippen MR) is 97.1 cm³/mol. The van der Waals surface area contributed by atoms with E-state index in [9.17, 15) is 4.79 Å². The number of methoxy groups -OCH3 is 1. The van der Waals surface area contributed by atoms with Gasteiger partial charge in [-0.25, -0.2) is 9.78 Å². The monoisotopic (exact) mass is 336 g/mol. The normalized spacial score (nSPS) is 11.6. The molecule has 2 N–H and O–H groups in total. The van der Waals surface area contributed by atoms with Crippen molar-refractivity contribution in [3.05, 3.63) is 72.8 Å². The Labute approximate surface area is 146 Å². The zero-order chi connectivity index (χ0) is 17.6. The van der Waals surface area contributed by atoms with E-state index >= 15 is 0 Å². The van der Waals surface area contributed by atoms with Crippen molar-refractivity contribution in [2.75, 3.05) is 12.4 Å². The summed E-state index contributed by atoms with van der Waals surface area (Å²) in [6.07, 6.45) is 5.37. The molecule has 0 bridgehead atoms. The van der Waals surface area contributed by atoms with Crippen molar-refractivity contribution in [1.29, 1.82) is 0 Å². The lowest BCUT2D eigenvalue weighted by atomic mass is 10.1. The van der Waals surface area contributed by atoms with Crippen LogP contribution in [-0.4, -0.2) is 22.7 Å². The van der Waals surface area contributed by atoms with Gasteiger partial charge in [0.25, 0.3) is 0 Å². The van der Waals surface area contributed by atoms with Crippen LogP contribution in [0.1, 0.15) is 18.5 Å². The van der Waals surface area contributed by atoms with Gasteiger partial charge in [-0.2, -0.15) is 0 Å². The Kier molecular flexibility index (Phi) is 4.99. The molecule has 0 saturated carbocycles. The molecule has 1 atom stereocenters. The number of nitrogens with one attached hydrogen (secondary N) is 2. The summed E-state index contributed by atoms with van der Waals surface area (Å²) < 4.78 is 7.16. The quantitative estimate of drug-likeness (QED) is 0.745. The van der Waals surface area contributed by atoms with Gasteiger partial charge in [-0.05, 0) is 36.8 Å². The number of para-hydroxylation sites is 2. The topological polar surface area (TPSA) is 68.2 Å². The van der Waals surface area contributed by atoms with Crippen molar-refractivity contribution in [2.45, 2.75) is 13.0 Å². The minimum absolute atomic E-state index is 0.133. The van der Waals surface area contributed by atoms with Crippen LogP contribution in [0.15, 0.2) is 67.3 Å². The Balaban J connectivity index is 1.63. The molecular weight excluding hydrogens is 316 g/mol. The largest absolute Gasteiger partial charge is 0.495 e. The Morgan fingerprint density at radius 1 is 1.16 bits per heavy atom. The van der Waals surface area contributed by atoms with Crippen LogP contribution in [-0.2, 0) is 0 Å². The van der Waals surface area contributed by atoms with Gasteiger partial charge in [0.1, 0.15) is 5.75 Å². The second-order valence-electron chi connectivity index (χ2n) is 5.58. The zero-order valence-corrected chi connectivity index (χ0v) is 14.1. The van der Waals surface area contributed by atoms with E-state index in [-0.39, 0.29) is 12.1 Å². The summed E-state index contributed by atoms with van der Waals surface area (Å²) in [7, 11) is 1.57. The van der Waals surface area contributed by atoms with Crippen molar-refractivity contribution in [3.63, 3.8) is 0 Å². The third kappa shape index (κ3) is 3.98. The van der Waals surface area contributed by atoms with Crippen LogP contribution in [0, 0.1) is 0 Å². The number of rotatable bonds is 5. The van der Waals surface area contributed by atoms with Crippen LogP contribution >= 0.6 is 0 Å². The van der Waals surface area contributed by atoms with Gasteiger partial charge in [0.15, 0.2) is 0 Å². The fraction of sp³-hybridized carbons (Fsp3) is 0.158. The third-order valence-electron chi connectivity index (χ3n) is 3.90. The van der Waals surface area contributed by atoms with Crippen LogP contribution in [0.25, 0.3) is 5.69 Å². The Hall–Kier alpha value is -3.28. The van der Waals surface area contributed by atoms with Crippen LogP contribution in [0.5, 0.6) is 5.75 Å². The number of imidazole rings is 1. The smallest absolute Gasteiger partial charge is 0.319 e. The van der Waals surface area contributed by atoms with Crippen LogP contribution < -0.4 is 15.4 Å². The van der Waals surface area contributed by atoms with Crippen molar-refractivity contribution in [1.82, 2.24) is 14.9 Å². The summed E-state index contributed by atoms with van der Waals surface area (Å²) in [4.78, 5) is 16.3. The number of ether oxygens (including phenoxy) is 1. The van der Waals surface area contributed by atoms with E-state index in [1.54, 1.807) is 31.8 Å². The number of nitrogens with zero attached hydrogens (tertiary/aromatic N) is 2. The van der Waals surface area contributed by atoms with Gasteiger partial charge < -0.3 is 19.9 Å². The van der Waals surface area contributed by atoms with Gasteiger partial charge in [0.05, 0.1) is 25.2 Å². The zero-order valence-electron chi connectivity index (χ0n) is 14.1. The fourth-order valence-corrected chi connectivity index (χ4v) is 2.53. The molecule has 6 nitrogen and oxygen atoms in total. The van der Waals surface area contributed by atoms with Crippen LogP contribution in [0.4, 0.5) is 10.5 Å². The first-order valence-electron chi connectivity index (χ1n) is 7.96. The maximum absolute atomic E-state index is 12.2. The van der Waals surface area contributed by atoms with E-state index < -0.39 is 0 Å². The second kappa shape index (κ2) is 7.53. The summed E-state index contributed by atoms with van der Waals surface area (Å²) in [5.41, 5.74) is 2.66. The molecule has 3 aromatic rings. The molecule has 1 unspecified atom stereocenters. The molecule has 3 rings (SSSR count). The van der Waals surface area contributed by atoms with Crippen LogP contribution in [0.3, 0.4) is 0 Å². The van der Waals surface area contributed by atoms with E-state index in [1.807, 2.05) is 54.1 Å². The number of urea groups is 1. The number of carbonyl (C=O) groups is 1. The van der Waals surface area contributed by atoms with Crippen molar-refractivity contribution < 1.29 is 9.53 Å². The number of hydrogen-bond donors (Lipinski definition) is 2. The van der Waals surface area contributed by atoms with Gasteiger partial charge >= 0.3 is 6.03 Å². The first-order chi connectivity index (χ1) is 12.2. The maximum Gasteiger partial charge on any atom is 0.319 e. The highest BCUT2D eigenvalue weighted by Gasteiger charge is 2.11. The Morgan fingerprint density at radius 3 is 2.60 bits per heavy atom. The SMILES string of the molecule is COc1ccccc1NC(=O)NC(C)c1ccc(-n2ccnc2)cc1. The molecule has 0 aliphatic carbocycles. The van der Waals surface area contributed by atoms with Crippen molar-refractivity contribution in [2.24, 2.45) is 0 Å². The molecule has 0 aliphatic rings. The number of aromatic nitrogens is 2. The lowest BCUT2D eigenvalue weighted by Gasteiger charge is -2.16. The molecule has 2 aromatic carbocycles. The lowest BCUT2D eigenvalue weighted by Crippen LogP contribution is -2.31. The minimum Gasteiger partial charge on any atom is -0.495 e. The highest BCUT2D eigenvalue weighted by Crippen LogP contribution is 2.23. The van der Waals surface area contributed by atoms with Gasteiger partial charge in [-0.3, -0.25) is 0 Å². The van der Waals surface area contributed by atoms with Gasteiger partial charge in [-0.1, -0.05) is 24.3 Å². The first-order valence-corrected chi connectivity index (χ1v) is 7.96. The van der Waals surface area contributed by atoms with E-state index in [0.717, 1.165) is 11.3 Å². The average molecular weight is 336 g/mol. The van der Waals surface area contributed by atoms with Crippen LogP contribution in [0.2, 0.25) is 0 Å². The molecule has 1 aromatic heterocycles. The molecular formula is C19H20N4O2. The summed E-state index contributed by atoms with van der Waals surface area (Å²) in [5.74, 6) is 0.620. The van der Waals surface area contributed by atoms with E-state index in [0.29, 0.717) is 11.4 Å². The molecule has 128 valence electrons. The number of anilines is 1. The molecule has 0 radical (unpaired) electrons. The third-order valence-corrected chi connectivity index (χ3v) is 3.90. The van der Waals surface area contributed by atoms with Gasteiger partial charge in [0, 0.05) is 18.1 Å². The standard InChI is InChI=1S/C19H20N4O2/c1-14(15-7-9-16(10-8-15)23-12-11-20-13-23)21-19(24)22-17-5-3-4-6-18(17)25-2/h3-14H,1-2H3,(H2,21,22,24). The van der Waals surface area contributed by atoms with Crippen molar-refractivity contribution in [3.8, 4) is 11.4 Å². The van der Waals surface area contributed by atoms with E-state index in [2.05, 4.69) is 15.6 Å². The predicted octanol–water partition coefficient (Wildman–Crippen LogP) is 3.76. The number of carbonyl (C=O) groups excluding carboxylic acids is 1. The molecule has 0 aliphatic heterocycles. The molecule has 0 fully saturated rings. The number of benzene rings is 2. The van der Waals surface area contributed by atoms with Gasteiger partial charge in [0.2, 0.25) is 0 Å². The Morgan fingerprint density at radius 2 is 1.92 bits per heavy atom. The van der Waals surface area contributed by atoms with E-state index in [1.165, 1.54) is 0 Å². The summed E-state index contributed by atoms with van der Waals surface area (Å²) in [5, 5.41) is 5.73. The molecule has 0 spiro atoms. The maximum atomic E-state index is 12.2. The van der Waals surface area contributed by atoms with E-state index in [4.69, 9.17) is 4.74 Å². The fourth-order valence-electron chi connectivity index (χ4n) is 2.53. The minimum atomic E-state index is -0.282. The summed E-state index contributed by atoms with van der Waals surface area (Å²) in [6.45, 7) is 1.94. The summed E-state index contributed by atoms with van der Waals surface area (Å²) in [6, 6.07) is 14.8. The molecule has 1 heterocycles. The Bertz CT molecular complexity index is 829. The average Bonchev–Trinajstić information content (AvgIpc) is 3.17. The molecule has 6 heteroatoms. The van der Waals surface area contributed by atoms with Crippen molar-refractivity contribution >= 4 is 11.7 Å². The number of amides is 2. The molecule has 0 saturated heterocycles. The molecule has 2 amide bonds. The highest BCUT2D eigenvalue weighted by atomic mass is 16.5. The van der Waals surface area contributed by atoms with Gasteiger partial charge in [-0.15, -0.1) is 0 Å². The lowest BCUT2D eigenvalue weighted by molar-refractivity contribution is 0.249. The first kappa shape index (κ1) is 16.6. The molecule has 25 heavy (non-hydrogen) atoms. The second-order valence-corrected chi connectivity index (χ2v) is 5.58.